The number of amides is 1. The molecule has 6 nitrogen and oxygen atoms in total. The second kappa shape index (κ2) is 13.1. The molecule has 0 saturated heterocycles. The van der Waals surface area contributed by atoms with Crippen molar-refractivity contribution in [3.63, 3.8) is 0 Å². The van der Waals surface area contributed by atoms with Crippen LogP contribution in [0.2, 0.25) is 0 Å². The van der Waals surface area contributed by atoms with Gasteiger partial charge in [-0.3, -0.25) is 4.79 Å². The minimum atomic E-state index is -0.666. The van der Waals surface area contributed by atoms with Gasteiger partial charge in [-0.05, 0) is 54.0 Å². The highest BCUT2D eigenvalue weighted by molar-refractivity contribution is 6.01. The predicted molar refractivity (Wildman–Crippen MR) is 140 cm³/mol. The number of hydrogen-bond donors (Lipinski definition) is 3. The summed E-state index contributed by atoms with van der Waals surface area (Å²) in [6, 6.07) is 16.1. The van der Waals surface area contributed by atoms with Crippen LogP contribution in [-0.2, 0) is 13.0 Å². The molecule has 2 aromatic carbocycles. The van der Waals surface area contributed by atoms with Gasteiger partial charge in [-0.2, -0.15) is 0 Å². The van der Waals surface area contributed by atoms with E-state index in [0.717, 1.165) is 48.9 Å². The van der Waals surface area contributed by atoms with Gasteiger partial charge in [0.05, 0.1) is 6.10 Å². The van der Waals surface area contributed by atoms with Crippen molar-refractivity contribution in [3.05, 3.63) is 71.4 Å². The van der Waals surface area contributed by atoms with Crippen molar-refractivity contribution < 1.29 is 9.90 Å². The van der Waals surface area contributed by atoms with Crippen LogP contribution in [0.4, 0.5) is 5.82 Å². The number of carbonyl (C=O) groups is 1. The number of hydrogen-bond acceptors (Lipinski definition) is 5. The van der Waals surface area contributed by atoms with Gasteiger partial charge in [-0.1, -0.05) is 51.1 Å². The maximum Gasteiger partial charge on any atom is 0.251 e. The van der Waals surface area contributed by atoms with Crippen LogP contribution in [0.15, 0.2) is 54.7 Å². The van der Waals surface area contributed by atoms with Gasteiger partial charge < -0.3 is 20.6 Å². The van der Waals surface area contributed by atoms with Gasteiger partial charge in [0, 0.05) is 49.9 Å². The van der Waals surface area contributed by atoms with E-state index in [9.17, 15) is 9.90 Å². The van der Waals surface area contributed by atoms with Crippen LogP contribution < -0.4 is 15.5 Å². The maximum atomic E-state index is 12.8. The number of aryl methyl sites for hydroxylation is 1. The van der Waals surface area contributed by atoms with Gasteiger partial charge >= 0.3 is 0 Å². The van der Waals surface area contributed by atoms with E-state index in [-0.39, 0.29) is 12.5 Å². The Morgan fingerprint density at radius 2 is 1.76 bits per heavy atom. The third-order valence-corrected chi connectivity index (χ3v) is 5.90. The van der Waals surface area contributed by atoms with Gasteiger partial charge in [0.25, 0.3) is 5.91 Å². The van der Waals surface area contributed by atoms with Crippen molar-refractivity contribution in [1.29, 1.82) is 0 Å². The summed E-state index contributed by atoms with van der Waals surface area (Å²) in [6.45, 7) is 9.60. The third-order valence-electron chi connectivity index (χ3n) is 5.90. The van der Waals surface area contributed by atoms with E-state index in [2.05, 4.69) is 65.6 Å². The molecule has 1 unspecified atom stereocenters. The van der Waals surface area contributed by atoms with Crippen molar-refractivity contribution in [2.24, 2.45) is 0 Å². The highest BCUT2D eigenvalue weighted by atomic mass is 16.3. The molecule has 0 spiro atoms. The Labute approximate surface area is 203 Å². The fraction of sp³-hybridized carbons (Fsp3) is 0.429. The topological polar surface area (TPSA) is 77.5 Å². The summed E-state index contributed by atoms with van der Waals surface area (Å²) in [5.41, 5.74) is 3.07. The lowest BCUT2D eigenvalue weighted by molar-refractivity contribution is 0.0915. The minimum Gasteiger partial charge on any atom is -0.390 e. The summed E-state index contributed by atoms with van der Waals surface area (Å²) in [6.07, 6.45) is 4.24. The van der Waals surface area contributed by atoms with E-state index >= 15 is 0 Å². The zero-order valence-electron chi connectivity index (χ0n) is 20.7. The summed E-state index contributed by atoms with van der Waals surface area (Å²) in [5, 5.41) is 18.5. The molecular weight excluding hydrogens is 424 g/mol. The zero-order chi connectivity index (χ0) is 24.3. The first-order valence-electron chi connectivity index (χ1n) is 12.4. The molecule has 1 heterocycles. The van der Waals surface area contributed by atoms with Crippen LogP contribution in [0.3, 0.4) is 0 Å². The number of anilines is 1. The number of fused-ring (bicyclic) bond motifs is 1. The average Bonchev–Trinajstić information content (AvgIpc) is 2.86. The SMILES string of the molecule is CCCN(CCC)c1nccc2ccc(C(=O)NCC(O)CNCc3cccc(CC)c3)cc12. The molecule has 0 aliphatic carbocycles. The number of carbonyl (C=O) groups excluding carboxylic acids is 1. The number of nitrogens with zero attached hydrogens (tertiary/aromatic N) is 2. The Morgan fingerprint density at radius 3 is 2.50 bits per heavy atom. The largest absolute Gasteiger partial charge is 0.390 e. The monoisotopic (exact) mass is 462 g/mol. The molecule has 0 radical (unpaired) electrons. The fourth-order valence-corrected chi connectivity index (χ4v) is 4.14. The molecule has 0 aliphatic rings. The molecule has 182 valence electrons. The van der Waals surface area contributed by atoms with Gasteiger partial charge in [0.2, 0.25) is 0 Å². The van der Waals surface area contributed by atoms with Gasteiger partial charge in [0.1, 0.15) is 5.82 Å². The number of pyridine rings is 1. The molecule has 34 heavy (non-hydrogen) atoms. The van der Waals surface area contributed by atoms with Gasteiger partial charge in [0.15, 0.2) is 0 Å². The van der Waals surface area contributed by atoms with Gasteiger partial charge in [-0.15, -0.1) is 0 Å². The van der Waals surface area contributed by atoms with Crippen molar-refractivity contribution in [2.75, 3.05) is 31.1 Å². The van der Waals surface area contributed by atoms with E-state index < -0.39 is 6.10 Å². The quantitative estimate of drug-likeness (QED) is 0.353. The maximum absolute atomic E-state index is 12.8. The lowest BCUT2D eigenvalue weighted by Gasteiger charge is -2.24. The van der Waals surface area contributed by atoms with Crippen LogP contribution in [0, 0.1) is 0 Å². The van der Waals surface area contributed by atoms with E-state index in [4.69, 9.17) is 0 Å². The van der Waals surface area contributed by atoms with Crippen molar-refractivity contribution >= 4 is 22.5 Å². The molecule has 1 atom stereocenters. The van der Waals surface area contributed by atoms with Crippen molar-refractivity contribution in [2.45, 2.75) is 52.7 Å². The van der Waals surface area contributed by atoms with Crippen molar-refractivity contribution in [1.82, 2.24) is 15.6 Å². The smallest absolute Gasteiger partial charge is 0.251 e. The minimum absolute atomic E-state index is 0.191. The number of benzene rings is 2. The molecule has 3 rings (SSSR count). The van der Waals surface area contributed by atoms with Gasteiger partial charge in [-0.25, -0.2) is 4.98 Å². The zero-order valence-corrected chi connectivity index (χ0v) is 20.7. The number of aliphatic hydroxyl groups excluding tert-OH is 1. The van der Waals surface area contributed by atoms with Crippen LogP contribution in [0.25, 0.3) is 10.8 Å². The molecule has 0 bridgehead atoms. The van der Waals surface area contributed by atoms with E-state index in [0.29, 0.717) is 18.7 Å². The van der Waals surface area contributed by atoms with E-state index in [1.807, 2.05) is 30.5 Å². The number of aromatic nitrogens is 1. The first-order valence-corrected chi connectivity index (χ1v) is 12.4. The molecule has 6 heteroatoms. The van der Waals surface area contributed by atoms with Crippen molar-refractivity contribution in [3.8, 4) is 0 Å². The number of nitrogens with one attached hydrogen (secondary N) is 2. The first-order chi connectivity index (χ1) is 16.5. The first kappa shape index (κ1) is 25.7. The lowest BCUT2D eigenvalue weighted by atomic mass is 10.1. The summed E-state index contributed by atoms with van der Waals surface area (Å²) < 4.78 is 0. The van der Waals surface area contributed by atoms with E-state index in [1.165, 1.54) is 11.1 Å². The van der Waals surface area contributed by atoms with Crippen LogP contribution in [0.1, 0.15) is 55.1 Å². The second-order valence-electron chi connectivity index (χ2n) is 8.73. The Hall–Kier alpha value is -2.96. The summed E-state index contributed by atoms with van der Waals surface area (Å²) in [7, 11) is 0. The van der Waals surface area contributed by atoms with E-state index in [1.54, 1.807) is 0 Å². The molecule has 1 amide bonds. The fourth-order valence-electron chi connectivity index (χ4n) is 4.14. The predicted octanol–water partition coefficient (Wildman–Crippen LogP) is 4.30. The molecular formula is C28H38N4O2. The molecule has 0 saturated carbocycles. The van der Waals surface area contributed by atoms with Crippen LogP contribution in [0.5, 0.6) is 0 Å². The number of rotatable bonds is 13. The Bertz CT molecular complexity index is 1060. The van der Waals surface area contributed by atoms with Crippen LogP contribution in [-0.4, -0.2) is 48.3 Å². The second-order valence-corrected chi connectivity index (χ2v) is 8.73. The normalized spacial score (nSPS) is 12.0. The molecule has 3 aromatic rings. The summed E-state index contributed by atoms with van der Waals surface area (Å²) in [5.74, 6) is 0.733. The summed E-state index contributed by atoms with van der Waals surface area (Å²) >= 11 is 0. The molecule has 0 aliphatic heterocycles. The highest BCUT2D eigenvalue weighted by Crippen LogP contribution is 2.26. The standard InChI is InChI=1S/C28H38N4O2/c1-4-14-32(15-5-2)27-26-17-24(11-10-23(26)12-13-30-27)28(34)31-20-25(33)19-29-18-22-9-7-8-21(6-3)16-22/h7-13,16-17,25,29,33H,4-6,14-15,18-20H2,1-3H3,(H,31,34). The highest BCUT2D eigenvalue weighted by Gasteiger charge is 2.14. The molecule has 3 N–H and O–H groups in total. The third kappa shape index (κ3) is 7.02. The summed E-state index contributed by atoms with van der Waals surface area (Å²) in [4.78, 5) is 19.7. The Kier molecular flexibility index (Phi) is 9.86. The molecule has 1 aromatic heterocycles. The average molecular weight is 463 g/mol. The lowest BCUT2D eigenvalue weighted by Crippen LogP contribution is -2.38. The van der Waals surface area contributed by atoms with Crippen LogP contribution >= 0.6 is 0 Å². The Morgan fingerprint density at radius 1 is 1.00 bits per heavy atom. The number of aliphatic hydroxyl groups is 1. The Balaban J connectivity index is 1.59. The molecule has 0 fully saturated rings.